The van der Waals surface area contributed by atoms with Gasteiger partial charge in [-0.05, 0) is 53.0 Å². The highest BCUT2D eigenvalue weighted by atomic mass is 16.2. The lowest BCUT2D eigenvalue weighted by atomic mass is 9.65. The van der Waals surface area contributed by atoms with Crippen molar-refractivity contribution in [1.29, 1.82) is 0 Å². The first kappa shape index (κ1) is 17.1. The molecule has 2 aliphatic rings. The second kappa shape index (κ2) is 5.83. The van der Waals surface area contributed by atoms with E-state index in [1.54, 1.807) is 0 Å². The zero-order valence-corrected chi connectivity index (χ0v) is 15.7. The average molecular weight is 350 g/mol. The Hall–Kier alpha value is -2.36. The largest absolute Gasteiger partial charge is 0.331 e. The third kappa shape index (κ3) is 3.09. The van der Waals surface area contributed by atoms with E-state index in [9.17, 15) is 9.59 Å². The van der Waals surface area contributed by atoms with Gasteiger partial charge in [0.1, 0.15) is 0 Å². The molecule has 2 aromatic rings. The summed E-state index contributed by atoms with van der Waals surface area (Å²) in [6, 6.07) is 13.9. The maximum atomic E-state index is 12.8. The molecule has 1 N–H and O–H groups in total. The average Bonchev–Trinajstić information content (AvgIpc) is 2.82. The normalized spacial score (nSPS) is 26.7. The number of hydrogen-bond acceptors (Lipinski definition) is 2. The second-order valence-corrected chi connectivity index (χ2v) is 9.16. The Morgan fingerprint density at radius 3 is 2.54 bits per heavy atom. The Bertz CT molecular complexity index is 889. The molecule has 2 unspecified atom stereocenters. The summed E-state index contributed by atoms with van der Waals surface area (Å²) >= 11 is 0. The van der Waals surface area contributed by atoms with Crippen molar-refractivity contribution in [1.82, 2.24) is 4.90 Å². The summed E-state index contributed by atoms with van der Waals surface area (Å²) in [5.41, 5.74) is 1.02. The molecule has 2 fully saturated rings. The van der Waals surface area contributed by atoms with E-state index in [1.165, 1.54) is 0 Å². The highest BCUT2D eigenvalue weighted by Crippen LogP contribution is 2.52. The minimum absolute atomic E-state index is 0.130. The highest BCUT2D eigenvalue weighted by Gasteiger charge is 2.51. The van der Waals surface area contributed by atoms with Crippen LogP contribution in [0, 0.1) is 10.8 Å². The van der Waals surface area contributed by atoms with Gasteiger partial charge < -0.3 is 10.2 Å². The van der Waals surface area contributed by atoms with Crippen LogP contribution in [0.5, 0.6) is 0 Å². The fourth-order valence-electron chi connectivity index (χ4n) is 5.28. The number of anilines is 1. The lowest BCUT2D eigenvalue weighted by Crippen LogP contribution is -2.43. The number of rotatable bonds is 1. The lowest BCUT2D eigenvalue weighted by Gasteiger charge is -2.39. The van der Waals surface area contributed by atoms with Gasteiger partial charge in [0.05, 0.1) is 0 Å². The van der Waals surface area contributed by atoms with Crippen molar-refractivity contribution in [2.75, 3.05) is 11.9 Å². The summed E-state index contributed by atoms with van der Waals surface area (Å²) in [4.78, 5) is 27.2. The Kier molecular flexibility index (Phi) is 3.83. The molecule has 1 aliphatic heterocycles. The van der Waals surface area contributed by atoms with Gasteiger partial charge in [-0.15, -0.1) is 0 Å². The standard InChI is InChI=1S/C22H26N2O2/c1-21(2)11-18-12-22(3,13-21)14-24(18)20(26)19(25)23-17-9-8-15-6-4-5-7-16(15)10-17/h4-10,18H,11-14H2,1-3H3,(H,23,25). The fraction of sp³-hybridized carbons (Fsp3) is 0.455. The van der Waals surface area contributed by atoms with E-state index in [0.717, 1.165) is 30.0 Å². The number of fused-ring (bicyclic) bond motifs is 3. The van der Waals surface area contributed by atoms with Crippen LogP contribution in [-0.2, 0) is 9.59 Å². The van der Waals surface area contributed by atoms with Crippen molar-refractivity contribution in [3.8, 4) is 0 Å². The Balaban J connectivity index is 1.50. The third-order valence-corrected chi connectivity index (χ3v) is 5.88. The summed E-state index contributed by atoms with van der Waals surface area (Å²) in [5.74, 6) is -0.932. The molecule has 0 aromatic heterocycles. The lowest BCUT2D eigenvalue weighted by molar-refractivity contribution is -0.144. The van der Waals surface area contributed by atoms with Crippen LogP contribution in [0.4, 0.5) is 5.69 Å². The molecule has 0 spiro atoms. The molecule has 1 saturated heterocycles. The van der Waals surface area contributed by atoms with Crippen molar-refractivity contribution in [3.63, 3.8) is 0 Å². The first-order valence-electron chi connectivity index (χ1n) is 9.36. The molecule has 1 saturated carbocycles. The van der Waals surface area contributed by atoms with Gasteiger partial charge in [-0.2, -0.15) is 0 Å². The van der Waals surface area contributed by atoms with Gasteiger partial charge in [0.2, 0.25) is 0 Å². The molecule has 2 amide bonds. The summed E-state index contributed by atoms with van der Waals surface area (Å²) in [6.45, 7) is 7.46. The number of nitrogens with one attached hydrogen (secondary N) is 1. The molecule has 2 bridgehead atoms. The number of likely N-dealkylation sites (tertiary alicyclic amines) is 1. The maximum absolute atomic E-state index is 12.8. The summed E-state index contributed by atoms with van der Waals surface area (Å²) < 4.78 is 0. The molecule has 4 nitrogen and oxygen atoms in total. The number of hydrogen-bond donors (Lipinski definition) is 1. The van der Waals surface area contributed by atoms with Gasteiger partial charge >= 0.3 is 11.8 Å². The minimum Gasteiger partial charge on any atom is -0.331 e. The topological polar surface area (TPSA) is 49.4 Å². The van der Waals surface area contributed by atoms with E-state index in [0.29, 0.717) is 12.2 Å². The molecule has 2 atom stereocenters. The number of carbonyl (C=O) groups is 2. The smallest absolute Gasteiger partial charge is 0.313 e. The molecule has 4 heteroatoms. The number of amides is 2. The van der Waals surface area contributed by atoms with Crippen LogP contribution in [-0.4, -0.2) is 29.3 Å². The third-order valence-electron chi connectivity index (χ3n) is 5.88. The number of carbonyl (C=O) groups excluding carboxylic acids is 2. The molecular weight excluding hydrogens is 324 g/mol. The van der Waals surface area contributed by atoms with E-state index >= 15 is 0 Å². The van der Waals surface area contributed by atoms with Crippen molar-refractivity contribution in [3.05, 3.63) is 42.5 Å². The predicted octanol–water partition coefficient (Wildman–Crippen LogP) is 4.21. The van der Waals surface area contributed by atoms with Gasteiger partial charge in [0.15, 0.2) is 0 Å². The van der Waals surface area contributed by atoms with Crippen molar-refractivity contribution in [2.45, 2.75) is 46.1 Å². The summed E-state index contributed by atoms with van der Waals surface area (Å²) in [7, 11) is 0. The number of benzene rings is 2. The van der Waals surface area contributed by atoms with Crippen LogP contribution in [0.15, 0.2) is 42.5 Å². The van der Waals surface area contributed by atoms with Crippen LogP contribution < -0.4 is 5.32 Å². The first-order chi connectivity index (χ1) is 12.2. The van der Waals surface area contributed by atoms with E-state index in [1.807, 2.05) is 47.4 Å². The zero-order valence-electron chi connectivity index (χ0n) is 15.7. The SMILES string of the molecule is CC1(C)CC2CC(C)(CN2C(=O)C(=O)Nc2ccc3ccccc3c2)C1. The van der Waals surface area contributed by atoms with Crippen molar-refractivity contribution in [2.24, 2.45) is 10.8 Å². The molecule has 26 heavy (non-hydrogen) atoms. The maximum Gasteiger partial charge on any atom is 0.313 e. The second-order valence-electron chi connectivity index (χ2n) is 9.16. The van der Waals surface area contributed by atoms with Gasteiger partial charge in [-0.3, -0.25) is 9.59 Å². The van der Waals surface area contributed by atoms with Crippen LogP contribution in [0.25, 0.3) is 10.8 Å². The molecule has 136 valence electrons. The van der Waals surface area contributed by atoms with E-state index in [2.05, 4.69) is 26.1 Å². The van der Waals surface area contributed by atoms with Gasteiger partial charge in [-0.1, -0.05) is 51.1 Å². The summed E-state index contributed by atoms with van der Waals surface area (Å²) in [5, 5.41) is 4.95. The van der Waals surface area contributed by atoms with Crippen LogP contribution in [0.2, 0.25) is 0 Å². The zero-order chi connectivity index (χ0) is 18.5. The van der Waals surface area contributed by atoms with Crippen molar-refractivity contribution >= 4 is 28.3 Å². The molecule has 0 radical (unpaired) electrons. The Morgan fingerprint density at radius 1 is 1.04 bits per heavy atom. The predicted molar refractivity (Wildman–Crippen MR) is 104 cm³/mol. The first-order valence-corrected chi connectivity index (χ1v) is 9.36. The molecule has 1 aliphatic carbocycles. The summed E-state index contributed by atoms with van der Waals surface area (Å²) in [6.07, 6.45) is 3.08. The molecule has 2 aromatic carbocycles. The fourth-order valence-corrected chi connectivity index (χ4v) is 5.28. The molecule has 1 heterocycles. The molecule has 4 rings (SSSR count). The number of nitrogens with zero attached hydrogens (tertiary/aromatic N) is 1. The molecular formula is C22H26N2O2. The Morgan fingerprint density at radius 2 is 1.77 bits per heavy atom. The van der Waals surface area contributed by atoms with Crippen LogP contribution >= 0.6 is 0 Å². The monoisotopic (exact) mass is 350 g/mol. The van der Waals surface area contributed by atoms with Gasteiger partial charge in [0, 0.05) is 18.3 Å². The van der Waals surface area contributed by atoms with E-state index in [4.69, 9.17) is 0 Å². The van der Waals surface area contributed by atoms with E-state index in [-0.39, 0.29) is 16.9 Å². The minimum atomic E-state index is -0.533. The highest BCUT2D eigenvalue weighted by molar-refractivity contribution is 6.39. The van der Waals surface area contributed by atoms with Gasteiger partial charge in [0.25, 0.3) is 0 Å². The van der Waals surface area contributed by atoms with Crippen molar-refractivity contribution < 1.29 is 9.59 Å². The van der Waals surface area contributed by atoms with Gasteiger partial charge in [-0.25, -0.2) is 0 Å². The van der Waals surface area contributed by atoms with Crippen LogP contribution in [0.1, 0.15) is 40.0 Å². The van der Waals surface area contributed by atoms with Crippen LogP contribution in [0.3, 0.4) is 0 Å². The Labute approximate surface area is 154 Å². The van der Waals surface area contributed by atoms with E-state index < -0.39 is 11.8 Å². The quantitative estimate of drug-likeness (QED) is 0.784.